The van der Waals surface area contributed by atoms with Gasteiger partial charge in [0.15, 0.2) is 7.29 Å². The molecule has 0 spiro atoms. The zero-order valence-electron chi connectivity index (χ0n) is 25.8. The van der Waals surface area contributed by atoms with E-state index in [1.54, 1.807) is 73.7 Å². The summed E-state index contributed by atoms with van der Waals surface area (Å²) in [6.45, 7) is 1.34. The van der Waals surface area contributed by atoms with Crippen molar-refractivity contribution in [2.75, 3.05) is 18.9 Å². The number of alkyl carbamates (subject to hydrolysis) is 1. The number of sulfonamides is 1. The lowest BCUT2D eigenvalue weighted by Crippen LogP contribution is -2.46. The molecular weight excluding hydrogens is 661 g/mol. The van der Waals surface area contributed by atoms with E-state index in [4.69, 9.17) is 21.1 Å². The van der Waals surface area contributed by atoms with E-state index in [1.165, 1.54) is 0 Å². The van der Waals surface area contributed by atoms with E-state index in [0.717, 1.165) is 11.1 Å². The predicted octanol–water partition coefficient (Wildman–Crippen LogP) is 5.55. The number of ether oxygens (including phenoxy) is 2. The van der Waals surface area contributed by atoms with Gasteiger partial charge >= 0.3 is 12.1 Å². The van der Waals surface area contributed by atoms with Crippen molar-refractivity contribution >= 4 is 46.3 Å². The molecule has 0 saturated heterocycles. The number of hydrogen-bond donors (Lipinski definition) is 3. The Hall–Kier alpha value is -3.99. The second-order valence-electron chi connectivity index (χ2n) is 10.6. The van der Waals surface area contributed by atoms with E-state index in [1.807, 2.05) is 48.5 Å². The Bertz CT molecular complexity index is 1750. The molecule has 0 radical (unpaired) electrons. The van der Waals surface area contributed by atoms with Gasteiger partial charge < -0.3 is 14.8 Å². The lowest BCUT2D eigenvalue weighted by Gasteiger charge is -2.30. The number of esters is 1. The monoisotopic (exact) mass is 697 g/mol. The second-order valence-corrected chi connectivity index (χ2v) is 15.5. The van der Waals surface area contributed by atoms with Gasteiger partial charge in [-0.2, -0.15) is 4.72 Å². The number of hydrogen-bond acceptors (Lipinski definition) is 7. The van der Waals surface area contributed by atoms with Crippen LogP contribution in [-0.2, 0) is 41.9 Å². The van der Waals surface area contributed by atoms with Gasteiger partial charge in [0.1, 0.15) is 18.9 Å². The molecule has 0 aliphatic heterocycles. The summed E-state index contributed by atoms with van der Waals surface area (Å²) >= 11 is 6.14. The van der Waals surface area contributed by atoms with Crippen LogP contribution in [0.2, 0.25) is 5.02 Å². The molecule has 4 rings (SSSR count). The summed E-state index contributed by atoms with van der Waals surface area (Å²) in [5.41, 5.74) is 1.90. The van der Waals surface area contributed by atoms with Crippen LogP contribution < -0.4 is 20.4 Å². The zero-order chi connectivity index (χ0) is 33.7. The van der Waals surface area contributed by atoms with Crippen molar-refractivity contribution in [3.63, 3.8) is 0 Å². The molecule has 0 fully saturated rings. The van der Waals surface area contributed by atoms with Crippen molar-refractivity contribution in [3.8, 4) is 0 Å². The fraction of sp³-hybridized carbons (Fsp3) is 0.235. The van der Waals surface area contributed by atoms with Crippen LogP contribution in [0.25, 0.3) is 0 Å². The third kappa shape index (κ3) is 11.1. The Labute approximate surface area is 280 Å². The van der Waals surface area contributed by atoms with Crippen LogP contribution in [0, 0.1) is 0 Å². The first kappa shape index (κ1) is 35.9. The van der Waals surface area contributed by atoms with Gasteiger partial charge in [-0.15, -0.1) is 0 Å². The molecule has 4 aromatic rings. The van der Waals surface area contributed by atoms with Gasteiger partial charge in [-0.05, 0) is 42.2 Å². The van der Waals surface area contributed by atoms with E-state index in [9.17, 15) is 22.6 Å². The average Bonchev–Trinajstić information content (AvgIpc) is 3.07. The summed E-state index contributed by atoms with van der Waals surface area (Å²) in [6.07, 6.45) is -0.615. The molecule has 13 heteroatoms. The van der Waals surface area contributed by atoms with Crippen molar-refractivity contribution < 1.29 is 32.0 Å². The first-order chi connectivity index (χ1) is 22.6. The predicted molar refractivity (Wildman–Crippen MR) is 183 cm³/mol. The van der Waals surface area contributed by atoms with Crippen LogP contribution in [0.3, 0.4) is 0 Å². The van der Waals surface area contributed by atoms with Crippen molar-refractivity contribution in [1.29, 1.82) is 0 Å². The summed E-state index contributed by atoms with van der Waals surface area (Å²) in [5, 5.41) is 6.20. The van der Waals surface area contributed by atoms with E-state index >= 15 is 0 Å². The highest BCUT2D eigenvalue weighted by atomic mass is 35.5. The molecule has 248 valence electrons. The minimum absolute atomic E-state index is 0.000758. The van der Waals surface area contributed by atoms with Crippen LogP contribution in [0.4, 0.5) is 4.79 Å². The standard InChI is InChI=1S/C34H37ClN3O7PS/c1-2-44-32(39)23-36-46(41,31-16-10-5-11-17-31)33(28-18-20-29(35)21-19-28)38-47(42,43)25-30(22-26-12-6-3-7-13-26)37-34(40)45-24-27-14-8-4-9-15-27/h3-21,30,33,38H,2,22-25H2,1H3,(H,36,41)(H,37,40)/t30-,33+,46?/m0/s1. The average molecular weight is 698 g/mol. The molecule has 0 saturated carbocycles. The van der Waals surface area contributed by atoms with Crippen LogP contribution >= 0.6 is 18.9 Å². The van der Waals surface area contributed by atoms with Gasteiger partial charge in [-0.25, -0.2) is 13.2 Å². The minimum Gasteiger partial charge on any atom is -0.465 e. The Morgan fingerprint density at radius 2 is 1.38 bits per heavy atom. The number of carbonyl (C=O) groups is 2. The molecule has 0 aliphatic rings. The first-order valence-electron chi connectivity index (χ1n) is 14.9. The van der Waals surface area contributed by atoms with Gasteiger partial charge in [-0.3, -0.25) is 14.4 Å². The number of nitrogens with one attached hydrogen (secondary N) is 3. The van der Waals surface area contributed by atoms with Crippen LogP contribution in [0.1, 0.15) is 29.4 Å². The molecule has 3 N–H and O–H groups in total. The fourth-order valence-electron chi connectivity index (χ4n) is 4.84. The Morgan fingerprint density at radius 1 is 0.809 bits per heavy atom. The lowest BCUT2D eigenvalue weighted by molar-refractivity contribution is -0.141. The van der Waals surface area contributed by atoms with E-state index in [2.05, 4.69) is 15.1 Å². The van der Waals surface area contributed by atoms with Gasteiger partial charge in [0, 0.05) is 10.3 Å². The quantitative estimate of drug-likeness (QED) is 0.102. The molecule has 4 aromatic carbocycles. The van der Waals surface area contributed by atoms with Crippen molar-refractivity contribution in [2.24, 2.45) is 0 Å². The smallest absolute Gasteiger partial charge is 0.407 e. The number of halogens is 1. The van der Waals surface area contributed by atoms with Crippen molar-refractivity contribution in [3.05, 3.63) is 137 Å². The summed E-state index contributed by atoms with van der Waals surface area (Å²) in [4.78, 5) is 25.2. The molecule has 10 nitrogen and oxygen atoms in total. The Balaban J connectivity index is 1.64. The van der Waals surface area contributed by atoms with Gasteiger partial charge in [0.05, 0.1) is 18.4 Å². The first-order valence-corrected chi connectivity index (χ1v) is 18.7. The van der Waals surface area contributed by atoms with Gasteiger partial charge in [0.25, 0.3) is 0 Å². The molecule has 0 aromatic heterocycles. The summed E-state index contributed by atoms with van der Waals surface area (Å²) in [5.74, 6) is -2.58. The fourth-order valence-corrected chi connectivity index (χ4v) is 9.58. The van der Waals surface area contributed by atoms with Crippen molar-refractivity contribution in [2.45, 2.75) is 31.8 Å². The highest BCUT2D eigenvalue weighted by Gasteiger charge is 2.40. The van der Waals surface area contributed by atoms with Gasteiger partial charge in [0.2, 0.25) is 10.0 Å². The maximum atomic E-state index is 15.0. The maximum absolute atomic E-state index is 15.0. The highest BCUT2D eigenvalue weighted by molar-refractivity contribution is 7.90. The summed E-state index contributed by atoms with van der Waals surface area (Å²) in [7, 11) is -8.26. The third-order valence-electron chi connectivity index (χ3n) is 7.02. The topological polar surface area (TPSA) is 140 Å². The molecular formula is C34H37ClN3O7PS. The van der Waals surface area contributed by atoms with E-state index in [0.29, 0.717) is 10.6 Å². The lowest BCUT2D eigenvalue weighted by atomic mass is 10.1. The summed E-state index contributed by atoms with van der Waals surface area (Å²) in [6, 6.07) is 31.8. The second kappa shape index (κ2) is 17.2. The number of carbonyl (C=O) groups excluding carboxylic acids is 2. The third-order valence-corrected chi connectivity index (χ3v) is 11.7. The SMILES string of the molecule is CCOC(=O)CNP(=O)(c1ccccc1)[C@@H](NS(=O)(=O)C[C@H](Cc1ccccc1)NC(=O)OCc1ccccc1)c1ccc(Cl)cc1. The zero-order valence-corrected chi connectivity index (χ0v) is 28.2. The molecule has 0 bridgehead atoms. The van der Waals surface area contributed by atoms with Crippen molar-refractivity contribution in [1.82, 2.24) is 15.1 Å². The normalized spacial score (nSPS) is 13.9. The number of benzene rings is 4. The molecule has 0 aliphatic carbocycles. The van der Waals surface area contributed by atoms with Crippen LogP contribution in [0.15, 0.2) is 115 Å². The molecule has 1 amide bonds. The Morgan fingerprint density at radius 3 is 1.98 bits per heavy atom. The molecule has 3 atom stereocenters. The maximum Gasteiger partial charge on any atom is 0.407 e. The molecule has 0 heterocycles. The highest BCUT2D eigenvalue weighted by Crippen LogP contribution is 2.53. The molecule has 47 heavy (non-hydrogen) atoms. The summed E-state index contributed by atoms with van der Waals surface area (Å²) < 4.78 is 56.0. The number of rotatable bonds is 16. The molecule has 1 unspecified atom stereocenters. The Kier molecular flexibility index (Phi) is 13.2. The van der Waals surface area contributed by atoms with E-state index < -0.39 is 53.5 Å². The van der Waals surface area contributed by atoms with E-state index in [-0.39, 0.29) is 24.9 Å². The largest absolute Gasteiger partial charge is 0.465 e. The van der Waals surface area contributed by atoms with Gasteiger partial charge in [-0.1, -0.05) is 115 Å². The number of amides is 1. The minimum atomic E-state index is -4.29. The van der Waals surface area contributed by atoms with Crippen LogP contribution in [-0.4, -0.2) is 45.4 Å². The van der Waals surface area contributed by atoms with Crippen LogP contribution in [0.5, 0.6) is 0 Å².